The average Bonchev–Trinajstić information content (AvgIpc) is 3.19. The number of hydrogen-bond acceptors (Lipinski definition) is 12. The molecule has 6 bridgehead atoms. The molecule has 1 amide bonds. The van der Waals surface area contributed by atoms with E-state index < -0.39 is 46.5 Å². The van der Waals surface area contributed by atoms with E-state index >= 15 is 0 Å². The van der Waals surface area contributed by atoms with Crippen molar-refractivity contribution >= 4 is 74.3 Å². The number of sulfonamides is 1. The van der Waals surface area contributed by atoms with Crippen molar-refractivity contribution in [3.05, 3.63) is 83.5 Å². The van der Waals surface area contributed by atoms with Gasteiger partial charge in [-0.2, -0.15) is 48.8 Å². The molecule has 17 nitrogen and oxygen atoms in total. The highest BCUT2D eigenvalue weighted by molar-refractivity contribution is 7.89. The Kier molecular flexibility index (Phi) is 17.5. The number of piperidine rings is 1. The number of alkyl halides is 9. The minimum Gasteiger partial charge on any atom is -0.475 e. The highest BCUT2D eigenvalue weighted by atomic mass is 35.5. The first-order valence-corrected chi connectivity index (χ1v) is 19.2. The fourth-order valence-corrected chi connectivity index (χ4v) is 6.79. The number of halogens is 10. The van der Waals surface area contributed by atoms with Crippen molar-refractivity contribution in [2.45, 2.75) is 55.5 Å². The van der Waals surface area contributed by atoms with E-state index in [0.717, 1.165) is 28.2 Å². The molecule has 6 rings (SSSR count). The Morgan fingerprint density at radius 3 is 1.90 bits per heavy atom. The number of fused-ring (bicyclic) bond motifs is 6. The van der Waals surface area contributed by atoms with Gasteiger partial charge in [-0.3, -0.25) is 14.8 Å². The van der Waals surface area contributed by atoms with Crippen molar-refractivity contribution in [3.8, 4) is 0 Å². The molecule has 0 aliphatic carbocycles. The highest BCUT2D eigenvalue weighted by Crippen LogP contribution is 2.31. The lowest BCUT2D eigenvalue weighted by Crippen LogP contribution is -2.39. The van der Waals surface area contributed by atoms with Gasteiger partial charge in [0.1, 0.15) is 9.92 Å². The van der Waals surface area contributed by atoms with Crippen molar-refractivity contribution in [3.63, 3.8) is 0 Å². The van der Waals surface area contributed by atoms with Crippen molar-refractivity contribution in [2.24, 2.45) is 5.92 Å². The van der Waals surface area contributed by atoms with Gasteiger partial charge >= 0.3 is 36.4 Å². The monoisotopic (exact) mass is 946 g/mol. The molecule has 28 heteroatoms. The van der Waals surface area contributed by atoms with Crippen molar-refractivity contribution in [2.75, 3.05) is 29.0 Å². The second kappa shape index (κ2) is 21.6. The van der Waals surface area contributed by atoms with E-state index in [1.54, 1.807) is 24.5 Å². The molecule has 2 aliphatic rings. The summed E-state index contributed by atoms with van der Waals surface area (Å²) < 4.78 is 123. The summed E-state index contributed by atoms with van der Waals surface area (Å²) in [5.41, 5.74) is 4.25. The number of carbonyl (C=O) groups excluding carboxylic acids is 1. The smallest absolute Gasteiger partial charge is 0.475 e. The molecule has 0 saturated carbocycles. The normalized spacial score (nSPS) is 14.3. The van der Waals surface area contributed by atoms with E-state index in [9.17, 15) is 52.7 Å². The number of benzene rings is 1. The van der Waals surface area contributed by atoms with Crippen LogP contribution in [-0.2, 0) is 42.0 Å². The van der Waals surface area contributed by atoms with Gasteiger partial charge in [0.05, 0.1) is 18.1 Å². The maximum atomic E-state index is 13.2. The second-order valence-electron chi connectivity index (χ2n) is 12.8. The third-order valence-corrected chi connectivity index (χ3v) is 10.3. The lowest BCUT2D eigenvalue weighted by Gasteiger charge is -2.30. The fraction of sp³-hybridized carbons (Fsp3) is 0.314. The van der Waals surface area contributed by atoms with E-state index in [2.05, 4.69) is 35.9 Å². The van der Waals surface area contributed by atoms with Crippen LogP contribution in [0.3, 0.4) is 0 Å². The maximum Gasteiger partial charge on any atom is 0.490 e. The molecule has 0 unspecified atom stereocenters. The molecule has 342 valence electrons. The standard InChI is InChI=1S/C29H29ClN8O3S.3C2HF3O2/c30-25-18-33-29-35-23-12-20(15-32-16-23)3-4-21-14-22(34-28(25)37-29)5-6-26(21)36-27(39)13-19-7-10-38(11-8-19)42(40,41)24-2-1-9-31-17-24;3*3-2(4,5)1(6)7/h1-2,5-6,9,12,14-19H,3-4,7-8,10-11,13H2,(H,36,39)(H2,33,34,35,37);3*(H,6,7). The zero-order chi connectivity index (χ0) is 47.3. The number of amides is 1. The van der Waals surface area contributed by atoms with Crippen LogP contribution >= 0.6 is 11.6 Å². The van der Waals surface area contributed by atoms with Crippen molar-refractivity contribution in [1.29, 1.82) is 0 Å². The summed E-state index contributed by atoms with van der Waals surface area (Å²) in [5.74, 6) is -7.43. The average molecular weight is 947 g/mol. The molecule has 0 atom stereocenters. The van der Waals surface area contributed by atoms with Crippen LogP contribution < -0.4 is 16.0 Å². The predicted molar refractivity (Wildman–Crippen MR) is 202 cm³/mol. The second-order valence-corrected chi connectivity index (χ2v) is 15.1. The minimum absolute atomic E-state index is 0.0896. The number of carbonyl (C=O) groups is 4. The molecule has 2 aliphatic heterocycles. The largest absolute Gasteiger partial charge is 0.490 e. The van der Waals surface area contributed by atoms with Crippen molar-refractivity contribution in [1.82, 2.24) is 24.2 Å². The number of aryl methyl sites for hydroxylation is 2. The van der Waals surface area contributed by atoms with Gasteiger partial charge in [-0.15, -0.1) is 0 Å². The predicted octanol–water partition coefficient (Wildman–Crippen LogP) is 6.84. The van der Waals surface area contributed by atoms with E-state index in [0.29, 0.717) is 62.0 Å². The highest BCUT2D eigenvalue weighted by Gasteiger charge is 2.39. The molecule has 63 heavy (non-hydrogen) atoms. The van der Waals surface area contributed by atoms with Crippen LogP contribution in [0.1, 0.15) is 30.4 Å². The van der Waals surface area contributed by atoms with Crippen LogP contribution in [0.25, 0.3) is 0 Å². The number of rotatable bonds is 5. The van der Waals surface area contributed by atoms with Gasteiger partial charge in [0, 0.05) is 49.5 Å². The molecule has 1 saturated heterocycles. The Balaban J connectivity index is 0.000000416. The van der Waals surface area contributed by atoms with Crippen LogP contribution in [0.4, 0.5) is 68.3 Å². The van der Waals surface area contributed by atoms with E-state index in [-0.39, 0.29) is 16.7 Å². The Labute approximate surface area is 354 Å². The summed E-state index contributed by atoms with van der Waals surface area (Å²) in [4.78, 5) is 57.1. The fourth-order valence-electron chi connectivity index (χ4n) is 5.22. The SMILES string of the molecule is O=C(CC1CCN(S(=O)(=O)c2cccnc2)CC1)Nc1ccc2cc1CCc1cncc(c1)Nc1ncc(Cl)c(n1)N2.O=C(O)C(F)(F)F.O=C(O)C(F)(F)F.O=C(O)C(F)(F)F. The van der Waals surface area contributed by atoms with Crippen molar-refractivity contribution < 1.29 is 82.4 Å². The first-order valence-electron chi connectivity index (χ1n) is 17.4. The summed E-state index contributed by atoms with van der Waals surface area (Å²) in [7, 11) is -3.59. The first kappa shape index (κ1) is 51.0. The molecule has 3 aromatic heterocycles. The third kappa shape index (κ3) is 16.5. The molecule has 1 aromatic carbocycles. The molecule has 5 heterocycles. The molecule has 6 N–H and O–H groups in total. The van der Waals surface area contributed by atoms with E-state index in [1.165, 1.54) is 16.7 Å². The molecule has 1 fully saturated rings. The van der Waals surface area contributed by atoms with E-state index in [1.807, 2.05) is 30.5 Å². The molecular weight excluding hydrogens is 915 g/mol. The van der Waals surface area contributed by atoms with Crippen LogP contribution in [0.5, 0.6) is 0 Å². The Bertz CT molecular complexity index is 2300. The zero-order valence-electron chi connectivity index (χ0n) is 31.6. The lowest BCUT2D eigenvalue weighted by molar-refractivity contribution is -0.193. The first-order chi connectivity index (χ1) is 29.2. The van der Waals surface area contributed by atoms with Crippen LogP contribution in [0.2, 0.25) is 5.02 Å². The quantitative estimate of drug-likeness (QED) is 0.112. The number of nitrogens with zero attached hydrogens (tertiary/aromatic N) is 5. The number of anilines is 5. The van der Waals surface area contributed by atoms with E-state index in [4.69, 9.17) is 41.3 Å². The molecule has 0 spiro atoms. The number of carboxylic acids is 3. The zero-order valence-corrected chi connectivity index (χ0v) is 33.2. The minimum atomic E-state index is -5.08. The number of aliphatic carboxylic acids is 3. The van der Waals surface area contributed by atoms with Crippen LogP contribution in [-0.4, -0.2) is 103 Å². The summed E-state index contributed by atoms with van der Waals surface area (Å²) >= 11 is 6.37. The lowest BCUT2D eigenvalue weighted by atomic mass is 9.94. The maximum absolute atomic E-state index is 13.2. The van der Waals surface area contributed by atoms with Gasteiger partial charge in [0.15, 0.2) is 5.82 Å². The van der Waals surface area contributed by atoms with Gasteiger partial charge in [-0.25, -0.2) is 27.8 Å². The van der Waals surface area contributed by atoms with Crippen LogP contribution in [0.15, 0.2) is 72.3 Å². The number of nitrogens with one attached hydrogen (secondary N) is 3. The summed E-state index contributed by atoms with van der Waals surface area (Å²) in [6.45, 7) is 0.742. The molecule has 4 aromatic rings. The van der Waals surface area contributed by atoms with Gasteiger partial charge < -0.3 is 31.3 Å². The Morgan fingerprint density at radius 2 is 1.37 bits per heavy atom. The Hall–Kier alpha value is -6.35. The van der Waals surface area contributed by atoms with Gasteiger partial charge in [-0.05, 0) is 79.1 Å². The molecular formula is C35H32ClF9N8O9S. The number of hydrogen-bond donors (Lipinski definition) is 6. The van der Waals surface area contributed by atoms with Gasteiger partial charge in [-0.1, -0.05) is 11.6 Å². The van der Waals surface area contributed by atoms with Gasteiger partial charge in [0.25, 0.3) is 0 Å². The summed E-state index contributed by atoms with van der Waals surface area (Å²) in [6.07, 6.45) is -4.36. The third-order valence-electron chi connectivity index (χ3n) is 8.17. The summed E-state index contributed by atoms with van der Waals surface area (Å²) in [5, 5.41) is 31.3. The topological polar surface area (TPSA) is 254 Å². The molecule has 0 radical (unpaired) electrons. The Morgan fingerprint density at radius 1 is 0.778 bits per heavy atom. The number of aromatic nitrogens is 4. The van der Waals surface area contributed by atoms with Crippen LogP contribution in [0, 0.1) is 5.92 Å². The van der Waals surface area contributed by atoms with Gasteiger partial charge in [0.2, 0.25) is 21.9 Å². The number of carboxylic acid groups (broad SMARTS) is 3. The summed E-state index contributed by atoms with van der Waals surface area (Å²) in [6, 6.07) is 10.9. The number of pyridine rings is 2.